The summed E-state index contributed by atoms with van der Waals surface area (Å²) in [5.74, 6) is 2.51. The second kappa shape index (κ2) is 34.1. The lowest BCUT2D eigenvalue weighted by Gasteiger charge is -2.10. The Labute approximate surface area is 326 Å². The van der Waals surface area contributed by atoms with E-state index in [1.807, 2.05) is 0 Å². The quantitative estimate of drug-likeness (QED) is 0.0663. The van der Waals surface area contributed by atoms with Crippen LogP contribution in [-0.4, -0.2) is 80.3 Å². The van der Waals surface area contributed by atoms with Gasteiger partial charge in [0.15, 0.2) is 0 Å². The highest BCUT2D eigenvalue weighted by molar-refractivity contribution is 6.58. The molecule has 0 heterocycles. The Morgan fingerprint density at radius 3 is 1.69 bits per heavy atom. The number of benzene rings is 2. The van der Waals surface area contributed by atoms with Crippen molar-refractivity contribution >= 4 is 49.4 Å². The maximum atomic E-state index is 11.8. The van der Waals surface area contributed by atoms with E-state index in [1.54, 1.807) is 48.5 Å². The maximum absolute atomic E-state index is 11.8. The van der Waals surface area contributed by atoms with E-state index in [0.717, 1.165) is 32.5 Å². The van der Waals surface area contributed by atoms with Crippen LogP contribution in [0.1, 0.15) is 100 Å². The minimum Gasteiger partial charge on any atom is -0.537 e. The van der Waals surface area contributed by atoms with Gasteiger partial charge in [0, 0.05) is 43.7 Å². The lowest BCUT2D eigenvalue weighted by molar-refractivity contribution is -0.124. The molecule has 54 heavy (non-hydrogen) atoms. The first-order chi connectivity index (χ1) is 25.7. The molecule has 305 valence electrons. The number of hydrogen-bond acceptors (Lipinski definition) is 10. The van der Waals surface area contributed by atoms with Gasteiger partial charge in [-0.05, 0) is 85.2 Å². The van der Waals surface area contributed by atoms with Crippen molar-refractivity contribution in [3.63, 3.8) is 0 Å². The Balaban J connectivity index is 0. The molecule has 0 aromatic heterocycles. The Bertz CT molecular complexity index is 1230. The molecule has 0 aliphatic carbocycles. The molecule has 1 radical (unpaired) electrons. The van der Waals surface area contributed by atoms with Crippen molar-refractivity contribution in [1.29, 1.82) is 0 Å². The minimum atomic E-state index is -1.52. The number of hydrogen-bond donors (Lipinski definition) is 9. The van der Waals surface area contributed by atoms with Crippen molar-refractivity contribution in [2.45, 2.75) is 100 Å². The van der Waals surface area contributed by atoms with Gasteiger partial charge in [-0.15, -0.1) is 0 Å². The lowest BCUT2D eigenvalue weighted by Crippen LogP contribution is -2.30. The van der Waals surface area contributed by atoms with Gasteiger partial charge in [-0.25, -0.2) is 0 Å². The third kappa shape index (κ3) is 29.9. The Morgan fingerprint density at radius 2 is 1.20 bits per heavy atom. The molecule has 0 spiro atoms. The first-order valence-corrected chi connectivity index (χ1v) is 19.3. The Morgan fingerprint density at radius 1 is 0.704 bits per heavy atom. The molecule has 13 nitrogen and oxygen atoms in total. The Kier molecular flexibility index (Phi) is 33.2. The van der Waals surface area contributed by atoms with E-state index in [9.17, 15) is 14.4 Å². The summed E-state index contributed by atoms with van der Waals surface area (Å²) in [7, 11) is -0.935. The maximum Gasteiger partial charge on any atom is 0.569 e. The smallest absolute Gasteiger partial charge is 0.537 e. The number of carbonyl (C=O) groups excluding carboxylic acids is 3. The van der Waals surface area contributed by atoms with Crippen LogP contribution in [0.2, 0.25) is 0 Å². The van der Waals surface area contributed by atoms with Crippen LogP contribution in [0, 0.1) is 23.7 Å². The second-order valence-electron chi connectivity index (χ2n) is 13.6. The molecule has 0 saturated carbocycles. The van der Waals surface area contributed by atoms with Gasteiger partial charge in [0.1, 0.15) is 5.75 Å². The third-order valence-corrected chi connectivity index (χ3v) is 8.64. The van der Waals surface area contributed by atoms with Crippen molar-refractivity contribution in [2.24, 2.45) is 35.1 Å². The number of nitrogens with one attached hydrogen (secondary N) is 4. The van der Waals surface area contributed by atoms with Crippen molar-refractivity contribution in [1.82, 2.24) is 10.6 Å². The highest BCUT2D eigenvalue weighted by atomic mass is 16.5. The number of carbonyl (C=O) groups is 3. The molecule has 0 aliphatic rings. The van der Waals surface area contributed by atoms with E-state index in [4.69, 9.17) is 31.2 Å². The zero-order chi connectivity index (χ0) is 41.3. The van der Waals surface area contributed by atoms with Crippen molar-refractivity contribution < 1.29 is 34.1 Å². The van der Waals surface area contributed by atoms with Crippen molar-refractivity contribution in [2.75, 3.05) is 43.4 Å². The fourth-order valence-corrected chi connectivity index (χ4v) is 3.68. The molecule has 15 heteroatoms. The summed E-state index contributed by atoms with van der Waals surface area (Å²) in [6, 6.07) is 13.1. The summed E-state index contributed by atoms with van der Waals surface area (Å²) in [5.41, 5.74) is 12.1. The predicted octanol–water partition coefficient (Wildman–Crippen LogP) is 3.79. The largest absolute Gasteiger partial charge is 0.569 e. The van der Waals surface area contributed by atoms with Gasteiger partial charge in [-0.1, -0.05) is 93.2 Å². The second-order valence-corrected chi connectivity index (χ2v) is 13.6. The van der Waals surface area contributed by atoms with Crippen LogP contribution in [0.5, 0.6) is 5.75 Å². The van der Waals surface area contributed by atoms with E-state index in [0.29, 0.717) is 73.5 Å². The molecule has 11 N–H and O–H groups in total. The number of rotatable bonds is 21. The molecule has 2 aromatic rings. The van der Waals surface area contributed by atoms with Crippen LogP contribution in [0.4, 0.5) is 11.4 Å². The third-order valence-electron chi connectivity index (χ3n) is 8.64. The van der Waals surface area contributed by atoms with Crippen molar-refractivity contribution in [3.8, 4) is 5.75 Å². The summed E-state index contributed by atoms with van der Waals surface area (Å²) in [5, 5.41) is 38.1. The summed E-state index contributed by atoms with van der Waals surface area (Å²) in [4.78, 5) is 35.1. The molecule has 0 aliphatic heterocycles. The van der Waals surface area contributed by atoms with Gasteiger partial charge in [0.2, 0.25) is 17.7 Å². The van der Waals surface area contributed by atoms with Gasteiger partial charge in [0.25, 0.3) is 0 Å². The Hall–Kier alpha value is -3.46. The normalized spacial score (nSPS) is 12.3. The molecule has 3 amide bonds. The van der Waals surface area contributed by atoms with E-state index in [2.05, 4.69) is 76.7 Å². The van der Waals surface area contributed by atoms with Gasteiger partial charge in [-0.2, -0.15) is 0 Å². The fraction of sp³-hybridized carbons (Fsp3) is 0.615. The molecule has 4 atom stereocenters. The molecule has 2 aromatic carbocycles. The number of anilines is 2. The molecular formula is C39H71B2N6O7. The molecule has 0 bridgehead atoms. The average molecular weight is 758 g/mol. The summed E-state index contributed by atoms with van der Waals surface area (Å²) in [6.45, 7) is 20.9. The van der Waals surface area contributed by atoms with Crippen LogP contribution in [0.25, 0.3) is 0 Å². The highest BCUT2D eigenvalue weighted by Crippen LogP contribution is 2.15. The monoisotopic (exact) mass is 758 g/mol. The molecule has 4 unspecified atom stereocenters. The van der Waals surface area contributed by atoms with E-state index in [1.165, 1.54) is 12.8 Å². The predicted molar refractivity (Wildman–Crippen MR) is 224 cm³/mol. The van der Waals surface area contributed by atoms with Crippen molar-refractivity contribution in [3.05, 3.63) is 48.5 Å². The fourth-order valence-electron chi connectivity index (χ4n) is 3.68. The summed E-state index contributed by atoms with van der Waals surface area (Å²) < 4.78 is 4.77. The number of nitrogens with two attached hydrogens (primary N) is 2. The van der Waals surface area contributed by atoms with Gasteiger partial charge in [0.05, 0.1) is 0 Å². The zero-order valence-electron chi connectivity index (χ0n) is 34.2. The molecule has 0 fully saturated rings. The summed E-state index contributed by atoms with van der Waals surface area (Å²) >= 11 is 0. The van der Waals surface area contributed by atoms with E-state index in [-0.39, 0.29) is 30.6 Å². The first kappa shape index (κ1) is 52.6. The SMILES string of the molecule is CCC(C)CN.CCC(C)CN.CCC(C)CNC(=O)CCC(=O)Nc1ccc(O[B]O)cc1.CCC(C)CNCCC(=O)Nc1cccc(B(O)O)c1. The zero-order valence-corrected chi connectivity index (χ0v) is 34.2. The van der Waals surface area contributed by atoms with Crippen LogP contribution in [0.15, 0.2) is 48.5 Å². The van der Waals surface area contributed by atoms with Gasteiger partial charge < -0.3 is 52.5 Å². The molecule has 0 saturated heterocycles. The van der Waals surface area contributed by atoms with E-state index < -0.39 is 7.12 Å². The summed E-state index contributed by atoms with van der Waals surface area (Å²) in [6.07, 6.45) is 5.23. The first-order valence-electron chi connectivity index (χ1n) is 19.3. The molecule has 2 rings (SSSR count). The van der Waals surface area contributed by atoms with Gasteiger partial charge in [-0.3, -0.25) is 14.4 Å². The molecular weight excluding hydrogens is 686 g/mol. The van der Waals surface area contributed by atoms with E-state index >= 15 is 0 Å². The van der Waals surface area contributed by atoms with Crippen LogP contribution in [0.3, 0.4) is 0 Å². The van der Waals surface area contributed by atoms with Crippen LogP contribution in [-0.2, 0) is 14.4 Å². The van der Waals surface area contributed by atoms with Gasteiger partial charge >= 0.3 is 14.8 Å². The minimum absolute atomic E-state index is 0.0915. The topological polar surface area (TPSA) is 221 Å². The lowest BCUT2D eigenvalue weighted by atomic mass is 9.80. The highest BCUT2D eigenvalue weighted by Gasteiger charge is 2.12. The van der Waals surface area contributed by atoms with Crippen LogP contribution >= 0.6 is 0 Å². The number of amides is 3. The standard InChI is InChI=1S/C15H22BN2O4.C14H23BN2O3.2C5H13N/c1-3-11(2)10-17-14(19)8-9-15(20)18-12-4-6-13(7-5-12)22-16-21;1-3-11(2)10-16-8-7-14(18)17-13-6-4-5-12(9-13)15(19)20;2*1-3-5(2)4-6/h4-7,11,21H,3,8-10H2,1-2H3,(H,17,19)(H,18,20);4-6,9,11,16,19-20H,3,7-8,10H2,1-2H3,(H,17,18);2*5H,3-4,6H2,1-2H3. The average Bonchev–Trinajstić information content (AvgIpc) is 3.18. The van der Waals surface area contributed by atoms with Crippen LogP contribution < -0.4 is 42.9 Å².